The Labute approximate surface area is 208 Å². The number of para-hydroxylation sites is 1. The van der Waals surface area contributed by atoms with Crippen molar-refractivity contribution < 1.29 is 29.4 Å². The quantitative estimate of drug-likeness (QED) is 0.280. The first-order valence-electron chi connectivity index (χ1n) is 12.4. The molecule has 11 heteroatoms. The van der Waals surface area contributed by atoms with Crippen molar-refractivity contribution >= 4 is 34.6 Å². The van der Waals surface area contributed by atoms with E-state index in [1.165, 1.54) is 11.8 Å². The van der Waals surface area contributed by atoms with Crippen LogP contribution in [0.15, 0.2) is 30.5 Å². The van der Waals surface area contributed by atoms with E-state index in [1.54, 1.807) is 6.20 Å². The van der Waals surface area contributed by atoms with Crippen LogP contribution in [0.25, 0.3) is 10.9 Å². The fourth-order valence-corrected chi connectivity index (χ4v) is 5.02. The summed E-state index contributed by atoms with van der Waals surface area (Å²) < 4.78 is 0. The third kappa shape index (κ3) is 5.52. The molecule has 194 valence electrons. The summed E-state index contributed by atoms with van der Waals surface area (Å²) in [5.41, 5.74) is 1.71. The molecule has 1 aromatic heterocycles. The number of H-pyrrole nitrogens is 1. The Bertz CT molecular complexity index is 1130. The smallest absolute Gasteiger partial charge is 0.326 e. The Kier molecular flexibility index (Phi) is 7.90. The number of carbonyl (C=O) groups is 4. The van der Waals surface area contributed by atoms with Gasteiger partial charge in [0, 0.05) is 30.1 Å². The molecule has 0 saturated carbocycles. The number of hydrogen-bond acceptors (Lipinski definition) is 6. The van der Waals surface area contributed by atoms with E-state index in [9.17, 15) is 29.4 Å². The molecule has 4 rings (SSSR count). The summed E-state index contributed by atoms with van der Waals surface area (Å²) in [5.74, 6) is -2.71. The van der Waals surface area contributed by atoms with Crippen molar-refractivity contribution in [3.05, 3.63) is 36.0 Å². The summed E-state index contributed by atoms with van der Waals surface area (Å²) in [6.07, 6.45) is 3.04. The van der Waals surface area contributed by atoms with Crippen molar-refractivity contribution in [1.82, 2.24) is 25.8 Å². The lowest BCUT2D eigenvalue weighted by molar-refractivity contribution is -0.150. The van der Waals surface area contributed by atoms with Crippen molar-refractivity contribution in [1.29, 1.82) is 0 Å². The van der Waals surface area contributed by atoms with Crippen LogP contribution >= 0.6 is 0 Å². The average Bonchev–Trinajstić information content (AvgIpc) is 3.62. The Morgan fingerprint density at radius 3 is 2.61 bits per heavy atom. The molecule has 2 saturated heterocycles. The second-order valence-electron chi connectivity index (χ2n) is 9.53. The normalized spacial score (nSPS) is 22.2. The lowest BCUT2D eigenvalue weighted by atomic mass is 10.0. The lowest BCUT2D eigenvalue weighted by Gasteiger charge is -2.30. The minimum Gasteiger partial charge on any atom is -0.480 e. The molecule has 0 spiro atoms. The third-order valence-corrected chi connectivity index (χ3v) is 6.98. The van der Waals surface area contributed by atoms with Crippen LogP contribution < -0.4 is 16.0 Å². The van der Waals surface area contributed by atoms with Gasteiger partial charge in [-0.3, -0.25) is 14.4 Å². The number of benzene rings is 1. The minimum atomic E-state index is -1.34. The first kappa shape index (κ1) is 25.6. The fourth-order valence-electron chi connectivity index (χ4n) is 5.02. The first-order chi connectivity index (χ1) is 17.3. The zero-order valence-electron chi connectivity index (χ0n) is 20.2. The topological polar surface area (TPSA) is 164 Å². The number of nitrogens with one attached hydrogen (secondary N) is 4. The van der Waals surface area contributed by atoms with Crippen molar-refractivity contribution in [3.8, 4) is 0 Å². The number of aliphatic hydroxyl groups is 1. The van der Waals surface area contributed by atoms with Gasteiger partial charge < -0.3 is 36.0 Å². The second kappa shape index (κ2) is 11.1. The van der Waals surface area contributed by atoms with Crippen molar-refractivity contribution in [2.75, 3.05) is 13.1 Å². The fraction of sp³-hybridized carbons (Fsp3) is 0.520. The maximum Gasteiger partial charge on any atom is 0.326 e. The highest BCUT2D eigenvalue weighted by molar-refractivity contribution is 5.95. The Morgan fingerprint density at radius 1 is 1.14 bits per heavy atom. The molecular formula is C25H33N5O6. The predicted octanol–water partition coefficient (Wildman–Crippen LogP) is -0.112. The molecule has 0 bridgehead atoms. The maximum atomic E-state index is 13.5. The van der Waals surface area contributed by atoms with Gasteiger partial charge in [-0.25, -0.2) is 4.79 Å². The van der Waals surface area contributed by atoms with Gasteiger partial charge in [0.15, 0.2) is 0 Å². The largest absolute Gasteiger partial charge is 0.480 e. The summed E-state index contributed by atoms with van der Waals surface area (Å²) in [6, 6.07) is 3.84. The number of aliphatic hydroxyl groups excluding tert-OH is 1. The highest BCUT2D eigenvalue weighted by atomic mass is 16.4. The number of aliphatic carboxylic acids is 1. The number of carbonyl (C=O) groups excluding carboxylic acids is 3. The van der Waals surface area contributed by atoms with Crippen LogP contribution in [0.4, 0.5) is 0 Å². The molecule has 3 amide bonds. The molecule has 2 aliphatic heterocycles. The van der Waals surface area contributed by atoms with E-state index in [0.717, 1.165) is 29.4 Å². The lowest BCUT2D eigenvalue weighted by Crippen LogP contribution is -2.60. The summed E-state index contributed by atoms with van der Waals surface area (Å²) in [6.45, 7) is 2.32. The van der Waals surface area contributed by atoms with E-state index in [1.807, 2.05) is 24.3 Å². The molecular weight excluding hydrogens is 466 g/mol. The first-order valence-corrected chi connectivity index (χ1v) is 12.4. The number of likely N-dealkylation sites (tertiary alicyclic amines) is 1. The van der Waals surface area contributed by atoms with Gasteiger partial charge >= 0.3 is 5.97 Å². The molecule has 5 unspecified atom stereocenters. The standard InChI is InChI=1S/C25H33N5O6/c1-14(31)21(24(34)30-11-5-9-20(30)25(35)36)29-23(33)19(28-22(32)18-8-4-10-26-18)12-15-13-27-17-7-3-2-6-16(15)17/h2-3,6-7,13-14,18-21,26-27,31H,4-5,8-12H2,1H3,(H,28,32)(H,29,33)(H,35,36). The number of hydrogen-bond donors (Lipinski definition) is 6. The third-order valence-electron chi connectivity index (χ3n) is 6.98. The van der Waals surface area contributed by atoms with Gasteiger partial charge in [-0.15, -0.1) is 0 Å². The molecule has 11 nitrogen and oxygen atoms in total. The van der Waals surface area contributed by atoms with Crippen molar-refractivity contribution in [2.45, 2.75) is 69.3 Å². The SMILES string of the molecule is CC(O)C(NC(=O)C(Cc1c[nH]c2ccccc12)NC(=O)C1CCCN1)C(=O)N1CCCC1C(=O)O. The number of aromatic amines is 1. The Hall–Kier alpha value is -3.44. The average molecular weight is 500 g/mol. The summed E-state index contributed by atoms with van der Waals surface area (Å²) in [4.78, 5) is 55.4. The van der Waals surface area contributed by atoms with Crippen molar-refractivity contribution in [3.63, 3.8) is 0 Å². The molecule has 2 aromatic rings. The molecule has 0 radical (unpaired) electrons. The van der Waals surface area contributed by atoms with Crippen LogP contribution in [-0.4, -0.2) is 87.1 Å². The molecule has 5 atom stereocenters. The highest BCUT2D eigenvalue weighted by Gasteiger charge is 2.40. The van der Waals surface area contributed by atoms with Gasteiger partial charge in [-0.1, -0.05) is 18.2 Å². The number of nitrogens with zero attached hydrogens (tertiary/aromatic N) is 1. The van der Waals surface area contributed by atoms with Gasteiger partial charge in [0.25, 0.3) is 0 Å². The van der Waals surface area contributed by atoms with Gasteiger partial charge in [-0.05, 0) is 50.8 Å². The van der Waals surface area contributed by atoms with Gasteiger partial charge in [0.1, 0.15) is 18.1 Å². The van der Waals surface area contributed by atoms with Crippen LogP contribution in [0.1, 0.15) is 38.2 Å². The van der Waals surface area contributed by atoms with E-state index in [4.69, 9.17) is 0 Å². The number of amides is 3. The monoisotopic (exact) mass is 499 g/mol. The number of rotatable bonds is 9. The predicted molar refractivity (Wildman–Crippen MR) is 131 cm³/mol. The maximum absolute atomic E-state index is 13.5. The number of carboxylic acids is 1. The highest BCUT2D eigenvalue weighted by Crippen LogP contribution is 2.21. The molecule has 2 aliphatic rings. The Morgan fingerprint density at radius 2 is 1.92 bits per heavy atom. The molecule has 3 heterocycles. The van der Waals surface area contributed by atoms with E-state index in [-0.39, 0.29) is 18.9 Å². The molecule has 6 N–H and O–H groups in total. The summed E-state index contributed by atoms with van der Waals surface area (Å²) in [7, 11) is 0. The second-order valence-corrected chi connectivity index (χ2v) is 9.53. The van der Waals surface area contributed by atoms with Crippen LogP contribution in [0.2, 0.25) is 0 Å². The molecule has 36 heavy (non-hydrogen) atoms. The van der Waals surface area contributed by atoms with E-state index in [0.29, 0.717) is 19.3 Å². The molecule has 2 fully saturated rings. The van der Waals surface area contributed by atoms with Gasteiger partial charge in [0.05, 0.1) is 12.1 Å². The number of aromatic nitrogens is 1. The molecule has 0 aliphatic carbocycles. The summed E-state index contributed by atoms with van der Waals surface area (Å²) in [5, 5.41) is 29.2. The van der Waals surface area contributed by atoms with Crippen LogP contribution in [0.3, 0.4) is 0 Å². The minimum absolute atomic E-state index is 0.163. The zero-order chi connectivity index (χ0) is 25.8. The van der Waals surface area contributed by atoms with Crippen LogP contribution in [0.5, 0.6) is 0 Å². The molecule has 1 aromatic carbocycles. The van der Waals surface area contributed by atoms with E-state index < -0.39 is 48.1 Å². The number of fused-ring (bicyclic) bond motifs is 1. The van der Waals surface area contributed by atoms with Crippen LogP contribution in [-0.2, 0) is 25.6 Å². The zero-order valence-corrected chi connectivity index (χ0v) is 20.2. The Balaban J connectivity index is 1.55. The van der Waals surface area contributed by atoms with Crippen LogP contribution in [0, 0.1) is 0 Å². The van der Waals surface area contributed by atoms with Gasteiger partial charge in [0.2, 0.25) is 17.7 Å². The number of carboxylic acid groups (broad SMARTS) is 1. The van der Waals surface area contributed by atoms with Gasteiger partial charge in [-0.2, -0.15) is 0 Å². The van der Waals surface area contributed by atoms with E-state index in [2.05, 4.69) is 20.9 Å². The van der Waals surface area contributed by atoms with E-state index >= 15 is 0 Å². The van der Waals surface area contributed by atoms with Crippen molar-refractivity contribution in [2.24, 2.45) is 0 Å². The summed E-state index contributed by atoms with van der Waals surface area (Å²) >= 11 is 0.